The van der Waals surface area contributed by atoms with Gasteiger partial charge < -0.3 is 5.73 Å². The van der Waals surface area contributed by atoms with Crippen molar-refractivity contribution in [1.29, 1.82) is 0 Å². The Morgan fingerprint density at radius 3 is 1.92 bits per heavy atom. The van der Waals surface area contributed by atoms with Gasteiger partial charge in [0.2, 0.25) is 0 Å². The second-order valence-corrected chi connectivity index (χ2v) is 3.38. The average Bonchev–Trinajstić information content (AvgIpc) is 2.17. The van der Waals surface area contributed by atoms with Gasteiger partial charge in [0.1, 0.15) is 0 Å². The van der Waals surface area contributed by atoms with E-state index in [1.807, 2.05) is 0 Å². The molecule has 0 saturated carbocycles. The summed E-state index contributed by atoms with van der Waals surface area (Å²) in [6.45, 7) is 4.29. The molecule has 76 valence electrons. The van der Waals surface area contributed by atoms with Crippen LogP contribution >= 0.6 is 0 Å². The van der Waals surface area contributed by atoms with Gasteiger partial charge in [0, 0.05) is 0 Å². The molecule has 0 unspecified atom stereocenters. The maximum atomic E-state index is 10.5. The van der Waals surface area contributed by atoms with E-state index in [4.69, 9.17) is 5.73 Å². The minimum absolute atomic E-state index is 0.460. The van der Waals surface area contributed by atoms with Crippen molar-refractivity contribution in [2.24, 2.45) is 5.73 Å². The van der Waals surface area contributed by atoms with E-state index < -0.39 is 0 Å². The molecule has 2 N–H and O–H groups in total. The molecular weight excluding hydrogens is 162 g/mol. The lowest BCUT2D eigenvalue weighted by molar-refractivity contribution is -0.105. The largest absolute Gasteiger partial charge is 0.396 e. The summed E-state index contributed by atoms with van der Waals surface area (Å²) < 4.78 is 0. The Hall–Kier alpha value is -0.790. The fraction of sp³-hybridized carbons (Fsp3) is 0.727. The summed E-state index contributed by atoms with van der Waals surface area (Å²) in [6.07, 6.45) is 7.33. The second kappa shape index (κ2) is 7.84. The molecule has 0 aromatic rings. The van der Waals surface area contributed by atoms with Gasteiger partial charge in [0.15, 0.2) is 6.29 Å². The van der Waals surface area contributed by atoms with Gasteiger partial charge in [0.25, 0.3) is 0 Å². The Kier molecular flexibility index (Phi) is 7.36. The molecule has 0 rings (SSSR count). The summed E-state index contributed by atoms with van der Waals surface area (Å²) in [5.74, 6) is 0. The second-order valence-electron chi connectivity index (χ2n) is 3.38. The Labute approximate surface area is 81.2 Å². The number of carbonyl (C=O) groups excluding carboxylic acids is 1. The summed E-state index contributed by atoms with van der Waals surface area (Å²) in [4.78, 5) is 10.5. The van der Waals surface area contributed by atoms with E-state index >= 15 is 0 Å². The molecule has 0 radical (unpaired) electrons. The van der Waals surface area contributed by atoms with Crippen LogP contribution in [0.2, 0.25) is 0 Å². The van der Waals surface area contributed by atoms with Crippen molar-refractivity contribution < 1.29 is 4.79 Å². The number of rotatable bonds is 7. The van der Waals surface area contributed by atoms with E-state index in [1.54, 1.807) is 0 Å². The predicted molar refractivity (Wildman–Crippen MR) is 56.3 cm³/mol. The van der Waals surface area contributed by atoms with Crippen molar-refractivity contribution >= 4 is 6.29 Å². The maximum Gasteiger partial charge on any atom is 0.165 e. The van der Waals surface area contributed by atoms with Gasteiger partial charge in [0.05, 0.1) is 5.70 Å². The van der Waals surface area contributed by atoms with E-state index in [0.29, 0.717) is 5.70 Å². The van der Waals surface area contributed by atoms with Crippen LogP contribution < -0.4 is 5.73 Å². The lowest BCUT2D eigenvalue weighted by Crippen LogP contribution is -2.04. The summed E-state index contributed by atoms with van der Waals surface area (Å²) in [5, 5.41) is 0. The zero-order valence-electron chi connectivity index (χ0n) is 8.81. The van der Waals surface area contributed by atoms with E-state index in [0.717, 1.165) is 50.4 Å². The summed E-state index contributed by atoms with van der Waals surface area (Å²) in [7, 11) is 0. The third kappa shape index (κ3) is 5.45. The molecule has 0 aliphatic heterocycles. The molecule has 0 heterocycles. The number of hydrogen-bond acceptors (Lipinski definition) is 2. The van der Waals surface area contributed by atoms with Crippen molar-refractivity contribution in [1.82, 2.24) is 0 Å². The molecule has 13 heavy (non-hydrogen) atoms. The number of hydrogen-bond donors (Lipinski definition) is 1. The van der Waals surface area contributed by atoms with Crippen molar-refractivity contribution in [3.05, 3.63) is 11.3 Å². The molecule has 0 atom stereocenters. The van der Waals surface area contributed by atoms with Gasteiger partial charge in [-0.3, -0.25) is 4.79 Å². The van der Waals surface area contributed by atoms with E-state index in [-0.39, 0.29) is 0 Å². The molecule has 0 aromatic heterocycles. The van der Waals surface area contributed by atoms with Gasteiger partial charge >= 0.3 is 0 Å². The fourth-order valence-corrected chi connectivity index (χ4v) is 1.28. The first kappa shape index (κ1) is 12.2. The monoisotopic (exact) mass is 183 g/mol. The van der Waals surface area contributed by atoms with Crippen LogP contribution in [0.1, 0.15) is 52.4 Å². The minimum Gasteiger partial charge on any atom is -0.396 e. The van der Waals surface area contributed by atoms with Gasteiger partial charge in [-0.25, -0.2) is 0 Å². The lowest BCUT2D eigenvalue weighted by Gasteiger charge is -2.07. The van der Waals surface area contributed by atoms with Gasteiger partial charge in [-0.15, -0.1) is 0 Å². The predicted octanol–water partition coefficient (Wildman–Crippen LogP) is 2.78. The van der Waals surface area contributed by atoms with Gasteiger partial charge in [-0.1, -0.05) is 26.7 Å². The highest BCUT2D eigenvalue weighted by molar-refractivity contribution is 5.72. The molecule has 0 fully saturated rings. The van der Waals surface area contributed by atoms with Crippen LogP contribution in [-0.4, -0.2) is 6.29 Å². The molecule has 0 spiro atoms. The first-order chi connectivity index (χ1) is 6.26. The summed E-state index contributed by atoms with van der Waals surface area (Å²) in [5.41, 5.74) is 7.22. The first-order valence-corrected chi connectivity index (χ1v) is 5.18. The highest BCUT2D eigenvalue weighted by atomic mass is 16.1. The smallest absolute Gasteiger partial charge is 0.165 e. The van der Waals surface area contributed by atoms with E-state index in [2.05, 4.69) is 13.8 Å². The molecule has 2 heteroatoms. The molecule has 0 aromatic carbocycles. The molecule has 0 saturated heterocycles. The SMILES string of the molecule is CCCCC(CCCC)=C(N)C=O. The average molecular weight is 183 g/mol. The minimum atomic E-state index is 0.460. The van der Waals surface area contributed by atoms with Crippen molar-refractivity contribution in [2.75, 3.05) is 0 Å². The molecule has 0 amide bonds. The normalized spacial score (nSPS) is 9.69. The highest BCUT2D eigenvalue weighted by Gasteiger charge is 2.01. The standard InChI is InChI=1S/C11H21NO/c1-3-5-7-10(8-6-4-2)11(12)9-13/h9H,3-8,12H2,1-2H3. The lowest BCUT2D eigenvalue weighted by atomic mass is 10.0. The van der Waals surface area contributed by atoms with E-state index in [9.17, 15) is 4.79 Å². The Bertz CT molecular complexity index is 163. The Morgan fingerprint density at radius 2 is 1.62 bits per heavy atom. The molecule has 0 aliphatic carbocycles. The zero-order chi connectivity index (χ0) is 10.1. The molecule has 2 nitrogen and oxygen atoms in total. The maximum absolute atomic E-state index is 10.5. The van der Waals surface area contributed by atoms with Crippen LogP contribution in [0.5, 0.6) is 0 Å². The zero-order valence-corrected chi connectivity index (χ0v) is 8.81. The summed E-state index contributed by atoms with van der Waals surface area (Å²) >= 11 is 0. The van der Waals surface area contributed by atoms with Crippen LogP contribution in [0.4, 0.5) is 0 Å². The number of aldehydes is 1. The quantitative estimate of drug-likeness (QED) is 0.487. The molecular formula is C11H21NO. The topological polar surface area (TPSA) is 43.1 Å². The summed E-state index contributed by atoms with van der Waals surface area (Å²) in [6, 6.07) is 0. The number of nitrogens with two attached hydrogens (primary N) is 1. The number of allylic oxidation sites excluding steroid dienone is 2. The van der Waals surface area contributed by atoms with Gasteiger partial charge in [-0.2, -0.15) is 0 Å². The van der Waals surface area contributed by atoms with Crippen molar-refractivity contribution in [3.8, 4) is 0 Å². The third-order valence-corrected chi connectivity index (χ3v) is 2.20. The van der Waals surface area contributed by atoms with Crippen molar-refractivity contribution in [2.45, 2.75) is 52.4 Å². The Morgan fingerprint density at radius 1 is 1.15 bits per heavy atom. The van der Waals surface area contributed by atoms with E-state index in [1.165, 1.54) is 0 Å². The van der Waals surface area contributed by atoms with Crippen LogP contribution in [-0.2, 0) is 4.79 Å². The van der Waals surface area contributed by atoms with Crippen LogP contribution in [0.15, 0.2) is 11.3 Å². The first-order valence-electron chi connectivity index (χ1n) is 5.18. The highest BCUT2D eigenvalue weighted by Crippen LogP contribution is 2.16. The van der Waals surface area contributed by atoms with Gasteiger partial charge in [-0.05, 0) is 31.3 Å². The third-order valence-electron chi connectivity index (χ3n) is 2.20. The molecule has 0 aliphatic rings. The number of carbonyl (C=O) groups is 1. The molecule has 0 bridgehead atoms. The van der Waals surface area contributed by atoms with Crippen LogP contribution in [0.25, 0.3) is 0 Å². The number of unbranched alkanes of at least 4 members (excludes halogenated alkanes) is 2. The van der Waals surface area contributed by atoms with Crippen LogP contribution in [0.3, 0.4) is 0 Å². The Balaban J connectivity index is 4.10. The fourth-order valence-electron chi connectivity index (χ4n) is 1.28. The van der Waals surface area contributed by atoms with Crippen molar-refractivity contribution in [3.63, 3.8) is 0 Å². The van der Waals surface area contributed by atoms with Crippen LogP contribution in [0, 0.1) is 0 Å².